The molecule has 7 heteroatoms. The van der Waals surface area contributed by atoms with Gasteiger partial charge in [-0.1, -0.05) is 12.1 Å². The van der Waals surface area contributed by atoms with E-state index < -0.39 is 0 Å². The minimum atomic E-state index is 0.176. The zero-order valence-electron chi connectivity index (χ0n) is 10.9. The number of nitrogens with one attached hydrogen (secondary N) is 2. The number of rotatable bonds is 2. The zero-order chi connectivity index (χ0) is 14.2. The van der Waals surface area contributed by atoms with Crippen molar-refractivity contribution in [1.82, 2.24) is 24.9 Å². The fourth-order valence-corrected chi connectivity index (χ4v) is 2.29. The second-order valence-electron chi connectivity index (χ2n) is 4.56. The van der Waals surface area contributed by atoms with E-state index in [4.69, 9.17) is 5.73 Å². The van der Waals surface area contributed by atoms with Crippen molar-refractivity contribution < 1.29 is 0 Å². The van der Waals surface area contributed by atoms with Crippen LogP contribution in [0.1, 0.15) is 0 Å². The van der Waals surface area contributed by atoms with Crippen LogP contribution in [-0.2, 0) is 0 Å². The van der Waals surface area contributed by atoms with Crippen molar-refractivity contribution in [1.29, 1.82) is 0 Å². The molecule has 0 saturated carbocycles. The van der Waals surface area contributed by atoms with E-state index in [-0.39, 0.29) is 5.95 Å². The van der Waals surface area contributed by atoms with Gasteiger partial charge in [0, 0.05) is 23.5 Å². The van der Waals surface area contributed by atoms with E-state index in [9.17, 15) is 0 Å². The van der Waals surface area contributed by atoms with E-state index in [1.54, 1.807) is 12.5 Å². The normalized spacial score (nSPS) is 11.0. The van der Waals surface area contributed by atoms with Crippen molar-refractivity contribution in [2.45, 2.75) is 0 Å². The Morgan fingerprint density at radius 1 is 1.14 bits per heavy atom. The number of anilines is 3. The molecule has 1 aromatic carbocycles. The predicted octanol–water partition coefficient (Wildman–Crippen LogP) is 2.23. The third kappa shape index (κ3) is 1.91. The van der Waals surface area contributed by atoms with Gasteiger partial charge in [0.25, 0.3) is 0 Å². The second-order valence-corrected chi connectivity index (χ2v) is 4.56. The quantitative estimate of drug-likeness (QED) is 0.519. The Balaban J connectivity index is 1.89. The van der Waals surface area contributed by atoms with E-state index in [2.05, 4.69) is 30.2 Å². The number of aromatic amines is 1. The lowest BCUT2D eigenvalue weighted by molar-refractivity contribution is 1.21. The molecule has 0 saturated heterocycles. The summed E-state index contributed by atoms with van der Waals surface area (Å²) in [4.78, 5) is 19.6. The number of H-pyrrole nitrogens is 1. The maximum Gasteiger partial charge on any atom is 0.224 e. The molecule has 0 aliphatic carbocycles. The van der Waals surface area contributed by atoms with Gasteiger partial charge in [0.2, 0.25) is 5.95 Å². The number of nitrogens with two attached hydrogens (primary N) is 1. The number of aromatic nitrogens is 5. The van der Waals surface area contributed by atoms with Crippen LogP contribution in [0.3, 0.4) is 0 Å². The van der Waals surface area contributed by atoms with E-state index in [1.807, 2.05) is 30.5 Å². The lowest BCUT2D eigenvalue weighted by atomic mass is 10.1. The molecule has 0 atom stereocenters. The molecule has 0 unspecified atom stereocenters. The molecule has 0 bridgehead atoms. The molecule has 4 aromatic rings. The molecule has 3 heterocycles. The minimum absolute atomic E-state index is 0.176. The van der Waals surface area contributed by atoms with Crippen molar-refractivity contribution in [2.75, 3.05) is 11.1 Å². The smallest absolute Gasteiger partial charge is 0.224 e. The molecule has 4 rings (SSSR count). The summed E-state index contributed by atoms with van der Waals surface area (Å²) >= 11 is 0. The topological polar surface area (TPSA) is 105 Å². The molecule has 4 N–H and O–H groups in total. The Hall–Kier alpha value is -3.22. The fraction of sp³-hybridized carbons (Fsp3) is 0. The lowest BCUT2D eigenvalue weighted by Gasteiger charge is -2.09. The highest BCUT2D eigenvalue weighted by Gasteiger charge is 2.10. The molecule has 0 aliphatic rings. The third-order valence-electron chi connectivity index (χ3n) is 3.24. The van der Waals surface area contributed by atoms with Gasteiger partial charge in [-0.05, 0) is 17.5 Å². The lowest BCUT2D eigenvalue weighted by Crippen LogP contribution is -2.01. The van der Waals surface area contributed by atoms with Crippen LogP contribution in [0.15, 0.2) is 43.0 Å². The average molecular weight is 277 g/mol. The summed E-state index contributed by atoms with van der Waals surface area (Å²) in [7, 11) is 0. The maximum absolute atomic E-state index is 5.72. The van der Waals surface area contributed by atoms with E-state index >= 15 is 0 Å². The first-order chi connectivity index (χ1) is 10.3. The van der Waals surface area contributed by atoms with E-state index in [1.165, 1.54) is 0 Å². The van der Waals surface area contributed by atoms with Crippen LogP contribution in [0.25, 0.3) is 21.9 Å². The Morgan fingerprint density at radius 3 is 3.05 bits per heavy atom. The van der Waals surface area contributed by atoms with Crippen LogP contribution >= 0.6 is 0 Å². The summed E-state index contributed by atoms with van der Waals surface area (Å²) in [6.45, 7) is 0. The van der Waals surface area contributed by atoms with E-state index in [0.717, 1.165) is 16.5 Å². The van der Waals surface area contributed by atoms with Crippen LogP contribution in [0, 0.1) is 0 Å². The number of hydrogen-bond donors (Lipinski definition) is 3. The molecule has 0 aliphatic heterocycles. The Kier molecular flexibility index (Phi) is 2.43. The molecule has 0 spiro atoms. The van der Waals surface area contributed by atoms with Gasteiger partial charge in [0.05, 0.1) is 6.33 Å². The second kappa shape index (κ2) is 4.41. The highest BCUT2D eigenvalue weighted by atomic mass is 15.1. The molecule has 102 valence electrons. The van der Waals surface area contributed by atoms with Gasteiger partial charge in [-0.2, -0.15) is 9.97 Å². The van der Waals surface area contributed by atoms with Gasteiger partial charge in [0.1, 0.15) is 5.52 Å². The van der Waals surface area contributed by atoms with E-state index in [0.29, 0.717) is 17.0 Å². The molecular weight excluding hydrogens is 266 g/mol. The fourth-order valence-electron chi connectivity index (χ4n) is 2.29. The summed E-state index contributed by atoms with van der Waals surface area (Å²) in [6, 6.07) is 7.92. The molecular formula is C14H11N7. The zero-order valence-corrected chi connectivity index (χ0v) is 10.9. The van der Waals surface area contributed by atoms with Crippen molar-refractivity contribution >= 4 is 39.4 Å². The monoisotopic (exact) mass is 277 g/mol. The van der Waals surface area contributed by atoms with Crippen LogP contribution in [0.2, 0.25) is 0 Å². The van der Waals surface area contributed by atoms with Crippen molar-refractivity contribution in [2.24, 2.45) is 0 Å². The van der Waals surface area contributed by atoms with Crippen LogP contribution in [-0.4, -0.2) is 24.9 Å². The van der Waals surface area contributed by atoms with Gasteiger partial charge < -0.3 is 16.0 Å². The molecule has 0 radical (unpaired) electrons. The summed E-state index contributed by atoms with van der Waals surface area (Å²) in [5.41, 5.74) is 7.86. The summed E-state index contributed by atoms with van der Waals surface area (Å²) < 4.78 is 0. The van der Waals surface area contributed by atoms with Crippen LogP contribution in [0.5, 0.6) is 0 Å². The number of benzene rings is 1. The van der Waals surface area contributed by atoms with Crippen molar-refractivity contribution in [3.8, 4) is 0 Å². The van der Waals surface area contributed by atoms with Gasteiger partial charge >= 0.3 is 0 Å². The van der Waals surface area contributed by atoms with Gasteiger partial charge in [-0.3, -0.25) is 4.98 Å². The summed E-state index contributed by atoms with van der Waals surface area (Å²) in [5, 5.41) is 5.37. The van der Waals surface area contributed by atoms with Gasteiger partial charge in [-0.25, -0.2) is 4.98 Å². The largest absolute Gasteiger partial charge is 0.368 e. The number of fused-ring (bicyclic) bond motifs is 2. The highest BCUT2D eigenvalue weighted by Crippen LogP contribution is 2.27. The van der Waals surface area contributed by atoms with Crippen molar-refractivity contribution in [3.63, 3.8) is 0 Å². The SMILES string of the molecule is Nc1nc(Nc2cccc3ccncc23)c2[nH]cnc2n1. The first-order valence-corrected chi connectivity index (χ1v) is 6.37. The van der Waals surface area contributed by atoms with Gasteiger partial charge in [-0.15, -0.1) is 0 Å². The van der Waals surface area contributed by atoms with Crippen molar-refractivity contribution in [3.05, 3.63) is 43.0 Å². The summed E-state index contributed by atoms with van der Waals surface area (Å²) in [6.07, 6.45) is 5.14. The molecule has 21 heavy (non-hydrogen) atoms. The summed E-state index contributed by atoms with van der Waals surface area (Å²) in [5.74, 6) is 0.766. The molecule has 7 nitrogen and oxygen atoms in total. The number of hydrogen-bond acceptors (Lipinski definition) is 6. The Bertz CT molecular complexity index is 939. The first kappa shape index (κ1) is 11.6. The third-order valence-corrected chi connectivity index (χ3v) is 3.24. The number of pyridine rings is 1. The first-order valence-electron chi connectivity index (χ1n) is 6.37. The Morgan fingerprint density at radius 2 is 2.10 bits per heavy atom. The number of nitrogen functional groups attached to an aromatic ring is 1. The molecule has 0 amide bonds. The van der Waals surface area contributed by atoms with Gasteiger partial charge in [0.15, 0.2) is 11.5 Å². The maximum atomic E-state index is 5.72. The standard InChI is InChI=1S/C14H11N7/c15-14-20-12-11(17-7-18-12)13(21-14)19-10-3-1-2-8-4-5-16-6-9(8)10/h1-7H,(H4,15,17,18,19,20,21). The molecule has 0 fully saturated rings. The minimum Gasteiger partial charge on any atom is -0.368 e. The number of imidazole rings is 1. The van der Waals surface area contributed by atoms with Crippen LogP contribution in [0.4, 0.5) is 17.5 Å². The predicted molar refractivity (Wildman–Crippen MR) is 81.1 cm³/mol. The number of nitrogens with zero attached hydrogens (tertiary/aromatic N) is 4. The highest BCUT2D eigenvalue weighted by molar-refractivity contribution is 5.96. The average Bonchev–Trinajstić information content (AvgIpc) is 2.96. The van der Waals surface area contributed by atoms with Crippen LogP contribution < -0.4 is 11.1 Å². The Labute approximate surface area is 119 Å². The molecule has 3 aromatic heterocycles.